The van der Waals surface area contributed by atoms with Gasteiger partial charge in [-0.3, -0.25) is 0 Å². The molecule has 4 nitrogen and oxygen atoms in total. The van der Waals surface area contributed by atoms with Gasteiger partial charge in [-0.1, -0.05) is 26.2 Å². The lowest BCUT2D eigenvalue weighted by Crippen LogP contribution is -2.52. The molecule has 2 atom stereocenters. The number of fused-ring (bicyclic) bond motifs is 1. The smallest absolute Gasteiger partial charge is 0.186 e. The molecule has 0 amide bonds. The molecule has 2 fully saturated rings. The van der Waals surface area contributed by atoms with Gasteiger partial charge in [-0.25, -0.2) is 4.98 Å². The van der Waals surface area contributed by atoms with Gasteiger partial charge in [0.1, 0.15) is 0 Å². The van der Waals surface area contributed by atoms with Crippen molar-refractivity contribution in [3.63, 3.8) is 0 Å². The molecule has 1 saturated heterocycles. The van der Waals surface area contributed by atoms with Crippen LogP contribution in [-0.4, -0.2) is 37.3 Å². The van der Waals surface area contributed by atoms with E-state index in [1.165, 1.54) is 41.4 Å². The zero-order chi connectivity index (χ0) is 14.7. The van der Waals surface area contributed by atoms with E-state index in [0.29, 0.717) is 12.1 Å². The molecule has 0 radical (unpaired) electrons. The lowest BCUT2D eigenvalue weighted by molar-refractivity contribution is -0.00869. The largest absolute Gasteiger partial charge is 0.374 e. The van der Waals surface area contributed by atoms with Crippen molar-refractivity contribution in [1.29, 1.82) is 0 Å². The zero-order valence-corrected chi connectivity index (χ0v) is 14.0. The van der Waals surface area contributed by atoms with Gasteiger partial charge in [0.2, 0.25) is 0 Å². The maximum Gasteiger partial charge on any atom is 0.186 e. The molecule has 5 heteroatoms. The minimum Gasteiger partial charge on any atom is -0.374 e. The van der Waals surface area contributed by atoms with Gasteiger partial charge in [-0.2, -0.15) is 0 Å². The van der Waals surface area contributed by atoms with Crippen molar-refractivity contribution in [3.05, 3.63) is 10.6 Å². The molecule has 1 aromatic rings. The molecule has 1 aliphatic carbocycles. The molecule has 118 valence electrons. The van der Waals surface area contributed by atoms with Crippen molar-refractivity contribution in [1.82, 2.24) is 10.3 Å². The molecule has 1 aromatic heterocycles. The number of hydrogen-bond acceptors (Lipinski definition) is 5. The van der Waals surface area contributed by atoms with Gasteiger partial charge in [0.15, 0.2) is 5.13 Å². The Hall–Kier alpha value is -0.650. The average Bonchev–Trinajstić information content (AvgIpc) is 2.90. The van der Waals surface area contributed by atoms with E-state index >= 15 is 0 Å². The lowest BCUT2D eigenvalue weighted by Gasteiger charge is -2.43. The minimum absolute atomic E-state index is 0.429. The SMILES string of the molecule is CCCc1nc(N2CCOC3CCCCC32)sc1CNC. The van der Waals surface area contributed by atoms with Crippen molar-refractivity contribution < 1.29 is 4.74 Å². The summed E-state index contributed by atoms with van der Waals surface area (Å²) in [4.78, 5) is 8.93. The van der Waals surface area contributed by atoms with Gasteiger partial charge in [0, 0.05) is 18.0 Å². The van der Waals surface area contributed by atoms with E-state index in [-0.39, 0.29) is 0 Å². The Labute approximate surface area is 131 Å². The van der Waals surface area contributed by atoms with Crippen LogP contribution >= 0.6 is 11.3 Å². The van der Waals surface area contributed by atoms with Crippen molar-refractivity contribution >= 4 is 16.5 Å². The van der Waals surface area contributed by atoms with Gasteiger partial charge >= 0.3 is 0 Å². The number of nitrogens with one attached hydrogen (secondary N) is 1. The van der Waals surface area contributed by atoms with Gasteiger partial charge in [0.05, 0.1) is 24.4 Å². The number of ether oxygens (including phenoxy) is 1. The molecule has 0 spiro atoms. The van der Waals surface area contributed by atoms with E-state index in [4.69, 9.17) is 9.72 Å². The van der Waals surface area contributed by atoms with E-state index in [9.17, 15) is 0 Å². The van der Waals surface area contributed by atoms with Crippen LogP contribution in [0.15, 0.2) is 0 Å². The van der Waals surface area contributed by atoms with Crippen LogP contribution in [-0.2, 0) is 17.7 Å². The number of nitrogens with zero attached hydrogens (tertiary/aromatic N) is 2. The van der Waals surface area contributed by atoms with Crippen LogP contribution in [0.5, 0.6) is 0 Å². The molecule has 1 aliphatic heterocycles. The highest BCUT2D eigenvalue weighted by atomic mass is 32.1. The van der Waals surface area contributed by atoms with Gasteiger partial charge < -0.3 is 15.0 Å². The number of aromatic nitrogens is 1. The van der Waals surface area contributed by atoms with Crippen molar-refractivity contribution in [2.75, 3.05) is 25.1 Å². The fourth-order valence-corrected chi connectivity index (χ4v) is 4.76. The van der Waals surface area contributed by atoms with Crippen molar-refractivity contribution in [2.45, 2.75) is 64.1 Å². The average molecular weight is 309 g/mol. The molecular weight excluding hydrogens is 282 g/mol. The highest BCUT2D eigenvalue weighted by Crippen LogP contribution is 2.35. The molecule has 2 heterocycles. The Bertz CT molecular complexity index is 437. The molecule has 3 rings (SSSR count). The van der Waals surface area contributed by atoms with Gasteiger partial charge in [-0.15, -0.1) is 11.3 Å². The van der Waals surface area contributed by atoms with Crippen molar-refractivity contribution in [2.24, 2.45) is 0 Å². The molecule has 1 N–H and O–H groups in total. The normalized spacial score (nSPS) is 25.9. The quantitative estimate of drug-likeness (QED) is 0.907. The van der Waals surface area contributed by atoms with Crippen LogP contribution in [0.3, 0.4) is 0 Å². The van der Waals surface area contributed by atoms with Crippen LogP contribution in [0.4, 0.5) is 5.13 Å². The maximum absolute atomic E-state index is 5.99. The second-order valence-electron chi connectivity index (χ2n) is 6.10. The molecule has 0 aromatic carbocycles. The Kier molecular flexibility index (Phi) is 5.14. The third kappa shape index (κ3) is 3.25. The van der Waals surface area contributed by atoms with Crippen LogP contribution in [0.2, 0.25) is 0 Å². The lowest BCUT2D eigenvalue weighted by atomic mass is 9.90. The first-order chi connectivity index (χ1) is 10.3. The van der Waals surface area contributed by atoms with Gasteiger partial charge in [0.25, 0.3) is 0 Å². The summed E-state index contributed by atoms with van der Waals surface area (Å²) in [6, 6.07) is 0.551. The molecule has 21 heavy (non-hydrogen) atoms. The van der Waals surface area contributed by atoms with E-state index in [1.54, 1.807) is 0 Å². The highest BCUT2D eigenvalue weighted by Gasteiger charge is 2.35. The standard InChI is InChI=1S/C16H27N3OS/c1-3-6-12-15(11-17-2)21-16(18-12)19-9-10-20-14-8-5-4-7-13(14)19/h13-14,17H,3-11H2,1-2H3. The molecular formula is C16H27N3OS. The zero-order valence-electron chi connectivity index (χ0n) is 13.2. The monoisotopic (exact) mass is 309 g/mol. The topological polar surface area (TPSA) is 37.4 Å². The summed E-state index contributed by atoms with van der Waals surface area (Å²) in [6.45, 7) is 5.02. The Morgan fingerprint density at radius 3 is 3.05 bits per heavy atom. The maximum atomic E-state index is 5.99. The summed E-state index contributed by atoms with van der Waals surface area (Å²) in [5.41, 5.74) is 1.30. The molecule has 2 aliphatic rings. The van der Waals surface area contributed by atoms with E-state index in [1.807, 2.05) is 18.4 Å². The number of anilines is 1. The summed E-state index contributed by atoms with van der Waals surface area (Å²) in [5, 5.41) is 4.51. The Morgan fingerprint density at radius 2 is 2.24 bits per heavy atom. The van der Waals surface area contributed by atoms with Crippen molar-refractivity contribution in [3.8, 4) is 0 Å². The summed E-state index contributed by atoms with van der Waals surface area (Å²) >= 11 is 1.88. The third-order valence-electron chi connectivity index (χ3n) is 4.57. The van der Waals surface area contributed by atoms with Crippen LogP contribution in [0, 0.1) is 0 Å². The summed E-state index contributed by atoms with van der Waals surface area (Å²) < 4.78 is 5.99. The van der Waals surface area contributed by atoms with E-state index < -0.39 is 0 Å². The summed E-state index contributed by atoms with van der Waals surface area (Å²) in [5.74, 6) is 0. The summed E-state index contributed by atoms with van der Waals surface area (Å²) in [6.07, 6.45) is 7.81. The number of morpholine rings is 1. The van der Waals surface area contributed by atoms with E-state index in [2.05, 4.69) is 17.1 Å². The highest BCUT2D eigenvalue weighted by molar-refractivity contribution is 7.15. The first-order valence-electron chi connectivity index (χ1n) is 8.35. The molecule has 1 saturated carbocycles. The Balaban J connectivity index is 1.82. The first-order valence-corrected chi connectivity index (χ1v) is 9.16. The fourth-order valence-electron chi connectivity index (χ4n) is 3.56. The van der Waals surface area contributed by atoms with E-state index in [0.717, 1.165) is 32.5 Å². The van der Waals surface area contributed by atoms with Crippen LogP contribution in [0.25, 0.3) is 0 Å². The number of thiazole rings is 1. The molecule has 0 bridgehead atoms. The number of rotatable bonds is 5. The Morgan fingerprint density at radius 1 is 1.38 bits per heavy atom. The number of hydrogen-bond donors (Lipinski definition) is 1. The molecule has 2 unspecified atom stereocenters. The van der Waals surface area contributed by atoms with Crippen LogP contribution < -0.4 is 10.2 Å². The predicted octanol–water partition coefficient (Wildman–Crippen LogP) is 2.96. The second kappa shape index (κ2) is 7.07. The predicted molar refractivity (Wildman–Crippen MR) is 88.2 cm³/mol. The number of aryl methyl sites for hydroxylation is 1. The van der Waals surface area contributed by atoms with Crippen LogP contribution in [0.1, 0.15) is 49.6 Å². The second-order valence-corrected chi connectivity index (χ2v) is 7.16. The minimum atomic E-state index is 0.429. The third-order valence-corrected chi connectivity index (χ3v) is 5.70. The first kappa shape index (κ1) is 15.3. The summed E-state index contributed by atoms with van der Waals surface area (Å²) in [7, 11) is 2.01. The van der Waals surface area contributed by atoms with Gasteiger partial charge in [-0.05, 0) is 26.3 Å². The fraction of sp³-hybridized carbons (Fsp3) is 0.812.